The van der Waals surface area contributed by atoms with Crippen molar-refractivity contribution in [3.05, 3.63) is 29.8 Å². The Hall–Kier alpha value is -1.23. The highest BCUT2D eigenvalue weighted by atomic mass is 19.4. The predicted molar refractivity (Wildman–Crippen MR) is 53.3 cm³/mol. The average molecular weight is 218 g/mol. The lowest BCUT2D eigenvalue weighted by atomic mass is 10.2. The van der Waals surface area contributed by atoms with Gasteiger partial charge in [-0.25, -0.2) is 5.43 Å². The Bertz CT molecular complexity index is 321. The van der Waals surface area contributed by atoms with E-state index in [0.717, 1.165) is 12.1 Å². The van der Waals surface area contributed by atoms with Crippen LogP contribution in [0.3, 0.4) is 0 Å². The van der Waals surface area contributed by atoms with Crippen molar-refractivity contribution >= 4 is 5.69 Å². The Morgan fingerprint density at radius 2 is 1.87 bits per heavy atom. The number of halogens is 3. The molecule has 15 heavy (non-hydrogen) atoms. The molecule has 0 saturated carbocycles. The summed E-state index contributed by atoms with van der Waals surface area (Å²) in [6.07, 6.45) is -4.30. The van der Waals surface area contributed by atoms with Gasteiger partial charge in [-0.15, -0.1) is 0 Å². The molecule has 1 aromatic rings. The van der Waals surface area contributed by atoms with E-state index in [1.54, 1.807) is 6.07 Å². The molecule has 0 fully saturated rings. The van der Waals surface area contributed by atoms with Crippen LogP contribution >= 0.6 is 0 Å². The molecule has 0 spiro atoms. The molecular weight excluding hydrogens is 205 g/mol. The first-order chi connectivity index (χ1) is 6.89. The van der Waals surface area contributed by atoms with Crippen molar-refractivity contribution in [1.29, 1.82) is 0 Å². The molecule has 0 unspecified atom stereocenters. The second-order valence-corrected chi connectivity index (χ2v) is 3.50. The lowest BCUT2D eigenvalue weighted by Gasteiger charge is -2.13. The van der Waals surface area contributed by atoms with Gasteiger partial charge in [0.25, 0.3) is 0 Å². The highest BCUT2D eigenvalue weighted by Gasteiger charge is 2.30. The lowest BCUT2D eigenvalue weighted by Crippen LogP contribution is -2.28. The number of anilines is 1. The van der Waals surface area contributed by atoms with Gasteiger partial charge in [0.1, 0.15) is 0 Å². The van der Waals surface area contributed by atoms with E-state index < -0.39 is 11.7 Å². The van der Waals surface area contributed by atoms with Crippen molar-refractivity contribution in [2.75, 3.05) is 5.43 Å². The molecule has 84 valence electrons. The van der Waals surface area contributed by atoms with Crippen LogP contribution < -0.4 is 10.9 Å². The highest BCUT2D eigenvalue weighted by molar-refractivity contribution is 5.45. The molecule has 0 aliphatic carbocycles. The van der Waals surface area contributed by atoms with Crippen molar-refractivity contribution in [2.24, 2.45) is 0 Å². The summed E-state index contributed by atoms with van der Waals surface area (Å²) in [4.78, 5) is 0. The Balaban J connectivity index is 2.75. The quantitative estimate of drug-likeness (QED) is 0.762. The summed E-state index contributed by atoms with van der Waals surface area (Å²) in [5, 5.41) is 0. The number of alkyl halides is 3. The zero-order chi connectivity index (χ0) is 11.5. The third-order valence-electron chi connectivity index (χ3n) is 1.70. The minimum atomic E-state index is -4.30. The molecule has 0 radical (unpaired) electrons. The molecular formula is C10H13F3N2. The third-order valence-corrected chi connectivity index (χ3v) is 1.70. The van der Waals surface area contributed by atoms with Crippen LogP contribution in [-0.4, -0.2) is 6.04 Å². The van der Waals surface area contributed by atoms with Gasteiger partial charge in [0.2, 0.25) is 0 Å². The maximum Gasteiger partial charge on any atom is 0.416 e. The van der Waals surface area contributed by atoms with Gasteiger partial charge in [0, 0.05) is 11.7 Å². The average Bonchev–Trinajstić information content (AvgIpc) is 2.14. The molecule has 0 aromatic heterocycles. The summed E-state index contributed by atoms with van der Waals surface area (Å²) in [6, 6.07) is 5.20. The minimum Gasteiger partial charge on any atom is -0.321 e. The SMILES string of the molecule is CC(C)NNc1cccc(C(F)(F)F)c1. The molecule has 1 aromatic carbocycles. The number of hydrazine groups is 1. The molecule has 0 heterocycles. The lowest BCUT2D eigenvalue weighted by molar-refractivity contribution is -0.137. The number of hydrogen-bond donors (Lipinski definition) is 2. The van der Waals surface area contributed by atoms with E-state index in [1.807, 2.05) is 13.8 Å². The van der Waals surface area contributed by atoms with Gasteiger partial charge in [0.05, 0.1) is 5.56 Å². The van der Waals surface area contributed by atoms with Crippen LogP contribution in [0.2, 0.25) is 0 Å². The maximum absolute atomic E-state index is 12.3. The monoisotopic (exact) mass is 218 g/mol. The third kappa shape index (κ3) is 3.79. The smallest absolute Gasteiger partial charge is 0.321 e. The van der Waals surface area contributed by atoms with E-state index in [1.165, 1.54) is 6.07 Å². The first kappa shape index (κ1) is 11.8. The van der Waals surface area contributed by atoms with Gasteiger partial charge in [-0.3, -0.25) is 0 Å². The molecule has 1 rings (SSSR count). The Kier molecular flexibility index (Phi) is 3.57. The first-order valence-electron chi connectivity index (χ1n) is 4.58. The largest absolute Gasteiger partial charge is 0.416 e. The van der Waals surface area contributed by atoms with E-state index in [0.29, 0.717) is 5.69 Å². The van der Waals surface area contributed by atoms with Gasteiger partial charge in [-0.1, -0.05) is 6.07 Å². The van der Waals surface area contributed by atoms with E-state index in [-0.39, 0.29) is 6.04 Å². The molecule has 0 atom stereocenters. The van der Waals surface area contributed by atoms with Crippen molar-refractivity contribution in [2.45, 2.75) is 26.1 Å². The van der Waals surface area contributed by atoms with Gasteiger partial charge < -0.3 is 5.43 Å². The summed E-state index contributed by atoms with van der Waals surface area (Å²) < 4.78 is 37.0. The first-order valence-corrected chi connectivity index (χ1v) is 4.58. The molecule has 0 aliphatic heterocycles. The minimum absolute atomic E-state index is 0.152. The molecule has 0 amide bonds. The van der Waals surface area contributed by atoms with Crippen LogP contribution in [-0.2, 0) is 6.18 Å². The number of hydrogen-bond acceptors (Lipinski definition) is 2. The van der Waals surface area contributed by atoms with Crippen LogP contribution in [0.4, 0.5) is 18.9 Å². The summed E-state index contributed by atoms with van der Waals surface area (Å²) in [7, 11) is 0. The fraction of sp³-hybridized carbons (Fsp3) is 0.400. The molecule has 0 bridgehead atoms. The predicted octanol–water partition coefficient (Wildman–Crippen LogP) is 3.03. The maximum atomic E-state index is 12.3. The number of rotatable bonds is 3. The van der Waals surface area contributed by atoms with Gasteiger partial charge in [0.15, 0.2) is 0 Å². The molecule has 5 heteroatoms. The number of benzene rings is 1. The summed E-state index contributed by atoms with van der Waals surface area (Å²) in [5.74, 6) is 0. The normalized spacial score (nSPS) is 11.9. The van der Waals surface area contributed by atoms with Crippen LogP contribution in [0.1, 0.15) is 19.4 Å². The Morgan fingerprint density at radius 1 is 1.20 bits per heavy atom. The zero-order valence-corrected chi connectivity index (χ0v) is 8.52. The topological polar surface area (TPSA) is 24.1 Å². The Labute approximate surface area is 86.5 Å². The van der Waals surface area contributed by atoms with Crippen LogP contribution in [0.5, 0.6) is 0 Å². The summed E-state index contributed by atoms with van der Waals surface area (Å²) in [6.45, 7) is 3.78. The van der Waals surface area contributed by atoms with Crippen molar-refractivity contribution < 1.29 is 13.2 Å². The van der Waals surface area contributed by atoms with Crippen molar-refractivity contribution in [1.82, 2.24) is 5.43 Å². The van der Waals surface area contributed by atoms with Crippen molar-refractivity contribution in [3.8, 4) is 0 Å². The second-order valence-electron chi connectivity index (χ2n) is 3.50. The van der Waals surface area contributed by atoms with Crippen molar-refractivity contribution in [3.63, 3.8) is 0 Å². The Morgan fingerprint density at radius 3 is 2.40 bits per heavy atom. The molecule has 0 saturated heterocycles. The standard InChI is InChI=1S/C10H13F3N2/c1-7(2)14-15-9-5-3-4-8(6-9)10(11,12)13/h3-7,14-15H,1-2H3. The van der Waals surface area contributed by atoms with E-state index >= 15 is 0 Å². The molecule has 2 N–H and O–H groups in total. The summed E-state index contributed by atoms with van der Waals surface area (Å²) in [5.41, 5.74) is 5.28. The van der Waals surface area contributed by atoms with Gasteiger partial charge >= 0.3 is 6.18 Å². The zero-order valence-electron chi connectivity index (χ0n) is 8.52. The summed E-state index contributed by atoms with van der Waals surface area (Å²) >= 11 is 0. The van der Waals surface area contributed by atoms with Crippen LogP contribution in [0, 0.1) is 0 Å². The van der Waals surface area contributed by atoms with E-state index in [2.05, 4.69) is 10.9 Å². The fourth-order valence-electron chi connectivity index (χ4n) is 1.00. The van der Waals surface area contributed by atoms with Crippen LogP contribution in [0.25, 0.3) is 0 Å². The van der Waals surface area contributed by atoms with Crippen LogP contribution in [0.15, 0.2) is 24.3 Å². The van der Waals surface area contributed by atoms with E-state index in [4.69, 9.17) is 0 Å². The molecule has 0 aliphatic rings. The number of nitrogens with one attached hydrogen (secondary N) is 2. The van der Waals surface area contributed by atoms with Gasteiger partial charge in [-0.2, -0.15) is 13.2 Å². The molecule has 2 nitrogen and oxygen atoms in total. The van der Waals surface area contributed by atoms with Gasteiger partial charge in [-0.05, 0) is 32.0 Å². The van der Waals surface area contributed by atoms with E-state index in [9.17, 15) is 13.2 Å². The second kappa shape index (κ2) is 4.53. The fourth-order valence-corrected chi connectivity index (χ4v) is 1.00. The highest BCUT2D eigenvalue weighted by Crippen LogP contribution is 2.30.